The van der Waals surface area contributed by atoms with E-state index in [1.807, 2.05) is 6.07 Å². The average Bonchev–Trinajstić information content (AvgIpc) is 2.98. The molecular formula is C11H11ClN4OS. The predicted molar refractivity (Wildman–Crippen MR) is 71.5 cm³/mol. The number of hydrogen-bond donors (Lipinski definition) is 2. The number of carbonyl (C=O) groups excluding carboxylic acids is 1. The summed E-state index contributed by atoms with van der Waals surface area (Å²) < 4.78 is 0.709. The molecule has 0 bridgehead atoms. The van der Waals surface area contributed by atoms with Gasteiger partial charge in [0.25, 0.3) is 0 Å². The van der Waals surface area contributed by atoms with Gasteiger partial charge in [0.1, 0.15) is 12.2 Å². The molecule has 0 unspecified atom stereocenters. The summed E-state index contributed by atoms with van der Waals surface area (Å²) in [5.74, 6) is 0.614. The van der Waals surface area contributed by atoms with Gasteiger partial charge in [0, 0.05) is 23.9 Å². The highest BCUT2D eigenvalue weighted by Crippen LogP contribution is 2.22. The first-order valence-corrected chi connectivity index (χ1v) is 6.49. The van der Waals surface area contributed by atoms with Crippen LogP contribution in [0.4, 0.5) is 0 Å². The third-order valence-corrected chi connectivity index (χ3v) is 3.32. The zero-order valence-electron chi connectivity index (χ0n) is 9.39. The van der Waals surface area contributed by atoms with Crippen LogP contribution in [0, 0.1) is 0 Å². The van der Waals surface area contributed by atoms with Crippen molar-refractivity contribution < 1.29 is 4.79 Å². The Bertz CT molecular complexity index is 535. The van der Waals surface area contributed by atoms with Crippen LogP contribution in [0.2, 0.25) is 4.34 Å². The van der Waals surface area contributed by atoms with Gasteiger partial charge >= 0.3 is 0 Å². The van der Waals surface area contributed by atoms with Gasteiger partial charge < -0.3 is 5.32 Å². The molecule has 94 valence electrons. The standard InChI is InChI=1S/C11H11ClN4OS/c12-9-3-1-8(18-9)2-4-11(17)13-6-5-10-14-7-15-16-10/h1-4,7H,5-6H2,(H,13,17)(H,14,15,16). The number of aromatic amines is 1. The monoisotopic (exact) mass is 282 g/mol. The first kappa shape index (κ1) is 12.8. The maximum atomic E-state index is 11.5. The molecule has 0 aliphatic heterocycles. The molecule has 2 heterocycles. The molecule has 2 rings (SSSR count). The number of nitrogens with one attached hydrogen (secondary N) is 2. The van der Waals surface area contributed by atoms with E-state index >= 15 is 0 Å². The molecule has 0 fully saturated rings. The molecule has 2 aromatic heterocycles. The van der Waals surface area contributed by atoms with Gasteiger partial charge in [-0.05, 0) is 18.2 Å². The third-order valence-electron chi connectivity index (χ3n) is 2.12. The lowest BCUT2D eigenvalue weighted by atomic mass is 10.3. The second-order valence-corrected chi connectivity index (χ2v) is 5.20. The van der Waals surface area contributed by atoms with E-state index in [2.05, 4.69) is 20.5 Å². The summed E-state index contributed by atoms with van der Waals surface area (Å²) in [5.41, 5.74) is 0. The molecule has 0 aromatic carbocycles. The Hall–Kier alpha value is -1.66. The second kappa shape index (κ2) is 6.32. The van der Waals surface area contributed by atoms with Crippen LogP contribution in [0.25, 0.3) is 6.08 Å². The highest BCUT2D eigenvalue weighted by molar-refractivity contribution is 7.17. The molecule has 0 spiro atoms. The summed E-state index contributed by atoms with van der Waals surface area (Å²) in [6, 6.07) is 3.67. The Balaban J connectivity index is 1.73. The Morgan fingerprint density at radius 3 is 3.11 bits per heavy atom. The van der Waals surface area contributed by atoms with Crippen LogP contribution in [-0.4, -0.2) is 27.6 Å². The molecular weight excluding hydrogens is 272 g/mol. The topological polar surface area (TPSA) is 70.7 Å². The number of nitrogens with zero attached hydrogens (tertiary/aromatic N) is 2. The number of amides is 1. The van der Waals surface area contributed by atoms with E-state index in [-0.39, 0.29) is 5.91 Å². The number of H-pyrrole nitrogens is 1. The third kappa shape index (κ3) is 3.97. The number of thiophene rings is 1. The van der Waals surface area contributed by atoms with Crippen LogP contribution in [0.3, 0.4) is 0 Å². The van der Waals surface area contributed by atoms with Crippen molar-refractivity contribution in [3.05, 3.63) is 39.6 Å². The fourth-order valence-electron chi connectivity index (χ4n) is 1.29. The summed E-state index contributed by atoms with van der Waals surface area (Å²) in [6.07, 6.45) is 5.30. The molecule has 5 nitrogen and oxygen atoms in total. The lowest BCUT2D eigenvalue weighted by Crippen LogP contribution is -2.23. The molecule has 0 aliphatic rings. The van der Waals surface area contributed by atoms with Crippen molar-refractivity contribution in [2.24, 2.45) is 0 Å². The molecule has 2 aromatic rings. The molecule has 0 radical (unpaired) electrons. The zero-order chi connectivity index (χ0) is 12.8. The van der Waals surface area contributed by atoms with Crippen molar-refractivity contribution in [1.29, 1.82) is 0 Å². The lowest BCUT2D eigenvalue weighted by molar-refractivity contribution is -0.116. The minimum absolute atomic E-state index is 0.140. The molecule has 18 heavy (non-hydrogen) atoms. The maximum absolute atomic E-state index is 11.5. The van der Waals surface area contributed by atoms with Gasteiger partial charge in [0.15, 0.2) is 0 Å². The summed E-state index contributed by atoms with van der Waals surface area (Å²) in [4.78, 5) is 16.4. The van der Waals surface area contributed by atoms with E-state index in [1.54, 1.807) is 12.1 Å². The highest BCUT2D eigenvalue weighted by atomic mass is 35.5. The molecule has 1 amide bonds. The van der Waals surface area contributed by atoms with Crippen LogP contribution >= 0.6 is 22.9 Å². The van der Waals surface area contributed by atoms with E-state index < -0.39 is 0 Å². The van der Waals surface area contributed by atoms with Gasteiger partial charge in [-0.1, -0.05) is 11.6 Å². The molecule has 2 N–H and O–H groups in total. The van der Waals surface area contributed by atoms with Gasteiger partial charge in [0.05, 0.1) is 4.34 Å². The number of carbonyl (C=O) groups is 1. The highest BCUT2D eigenvalue weighted by Gasteiger charge is 1.99. The number of hydrogen-bond acceptors (Lipinski definition) is 4. The fourth-order valence-corrected chi connectivity index (χ4v) is 2.25. The van der Waals surface area contributed by atoms with Gasteiger partial charge in [-0.3, -0.25) is 9.89 Å². The maximum Gasteiger partial charge on any atom is 0.244 e. The molecule has 0 aliphatic carbocycles. The van der Waals surface area contributed by atoms with Crippen LogP contribution < -0.4 is 5.32 Å². The number of aromatic nitrogens is 3. The Kier molecular flexibility index (Phi) is 4.49. The zero-order valence-corrected chi connectivity index (χ0v) is 11.0. The smallest absolute Gasteiger partial charge is 0.244 e. The van der Waals surface area contributed by atoms with Crippen molar-refractivity contribution in [1.82, 2.24) is 20.5 Å². The average molecular weight is 283 g/mol. The van der Waals surface area contributed by atoms with E-state index in [1.165, 1.54) is 23.7 Å². The largest absolute Gasteiger partial charge is 0.352 e. The van der Waals surface area contributed by atoms with Crippen LogP contribution in [0.5, 0.6) is 0 Å². The van der Waals surface area contributed by atoms with Crippen LogP contribution in [-0.2, 0) is 11.2 Å². The quantitative estimate of drug-likeness (QED) is 0.823. The summed E-state index contributed by atoms with van der Waals surface area (Å²) in [5, 5.41) is 9.21. The SMILES string of the molecule is O=C(C=Cc1ccc(Cl)s1)NCCc1ncn[nH]1. The molecule has 0 atom stereocenters. The molecule has 7 heteroatoms. The summed E-state index contributed by atoms with van der Waals surface area (Å²) in [6.45, 7) is 0.517. The number of halogens is 1. The minimum atomic E-state index is -0.140. The van der Waals surface area contributed by atoms with E-state index in [4.69, 9.17) is 11.6 Å². The van der Waals surface area contributed by atoms with Crippen molar-refractivity contribution >= 4 is 34.9 Å². The predicted octanol–water partition coefficient (Wildman–Crippen LogP) is 1.89. The molecule has 0 saturated carbocycles. The summed E-state index contributed by atoms with van der Waals surface area (Å²) >= 11 is 7.21. The Morgan fingerprint density at radius 2 is 2.44 bits per heavy atom. The van der Waals surface area contributed by atoms with Crippen molar-refractivity contribution in [3.8, 4) is 0 Å². The Labute approximate surface area is 113 Å². The van der Waals surface area contributed by atoms with Crippen molar-refractivity contribution in [2.45, 2.75) is 6.42 Å². The van der Waals surface area contributed by atoms with Crippen molar-refractivity contribution in [2.75, 3.05) is 6.54 Å². The lowest BCUT2D eigenvalue weighted by Gasteiger charge is -1.98. The Morgan fingerprint density at radius 1 is 1.56 bits per heavy atom. The van der Waals surface area contributed by atoms with Gasteiger partial charge in [0.2, 0.25) is 5.91 Å². The first-order chi connectivity index (χ1) is 8.74. The van der Waals surface area contributed by atoms with Crippen molar-refractivity contribution in [3.63, 3.8) is 0 Å². The van der Waals surface area contributed by atoms with E-state index in [9.17, 15) is 4.79 Å². The number of rotatable bonds is 5. The van der Waals surface area contributed by atoms with E-state index in [0.717, 1.165) is 10.7 Å². The minimum Gasteiger partial charge on any atom is -0.352 e. The van der Waals surface area contributed by atoms with E-state index in [0.29, 0.717) is 17.3 Å². The van der Waals surface area contributed by atoms with Gasteiger partial charge in [-0.25, -0.2) is 4.98 Å². The summed E-state index contributed by atoms with van der Waals surface area (Å²) in [7, 11) is 0. The van der Waals surface area contributed by atoms with Crippen LogP contribution in [0.15, 0.2) is 24.5 Å². The van der Waals surface area contributed by atoms with Gasteiger partial charge in [-0.15, -0.1) is 11.3 Å². The molecule has 0 saturated heterocycles. The first-order valence-electron chi connectivity index (χ1n) is 5.29. The normalized spacial score (nSPS) is 10.9. The van der Waals surface area contributed by atoms with Gasteiger partial charge in [-0.2, -0.15) is 5.10 Å². The fraction of sp³-hybridized carbons (Fsp3) is 0.182. The second-order valence-electron chi connectivity index (χ2n) is 3.45. The van der Waals surface area contributed by atoms with Crippen LogP contribution in [0.1, 0.15) is 10.7 Å².